The van der Waals surface area contributed by atoms with Crippen LogP contribution in [0, 0.1) is 0 Å². The second-order valence-corrected chi connectivity index (χ2v) is 7.87. The molecule has 0 unspecified atom stereocenters. The Morgan fingerprint density at radius 1 is 1.03 bits per heavy atom. The summed E-state index contributed by atoms with van der Waals surface area (Å²) in [6.07, 6.45) is 1.72. The van der Waals surface area contributed by atoms with Crippen molar-refractivity contribution in [3.05, 3.63) is 53.3 Å². The molecule has 1 aromatic carbocycles. The quantitative estimate of drug-likeness (QED) is 0.701. The van der Waals surface area contributed by atoms with Crippen LogP contribution in [0.3, 0.4) is 0 Å². The molecule has 0 bridgehead atoms. The van der Waals surface area contributed by atoms with Gasteiger partial charge in [0, 0.05) is 62.7 Å². The summed E-state index contributed by atoms with van der Waals surface area (Å²) in [5, 5.41) is 0.702. The topological polar surface area (TPSA) is 58.1 Å². The van der Waals surface area contributed by atoms with Crippen molar-refractivity contribution in [3.63, 3.8) is 0 Å². The summed E-state index contributed by atoms with van der Waals surface area (Å²) in [6.45, 7) is 7.62. The smallest absolute Gasteiger partial charge is 0.272 e. The molecule has 3 heterocycles. The molecule has 2 aliphatic rings. The summed E-state index contributed by atoms with van der Waals surface area (Å²) < 4.78 is 11.2. The average Bonchev–Trinajstić information content (AvgIpc) is 2.81. The average molecular weight is 431 g/mol. The number of aromatic nitrogens is 1. The number of hydrogen-bond donors (Lipinski definition) is 0. The molecule has 0 spiro atoms. The fourth-order valence-electron chi connectivity index (χ4n) is 3.71. The van der Waals surface area contributed by atoms with E-state index in [-0.39, 0.29) is 5.91 Å². The first kappa shape index (κ1) is 20.9. The van der Waals surface area contributed by atoms with Crippen molar-refractivity contribution in [3.8, 4) is 5.75 Å². The van der Waals surface area contributed by atoms with Gasteiger partial charge in [-0.2, -0.15) is 0 Å². The number of piperazine rings is 1. The van der Waals surface area contributed by atoms with Gasteiger partial charge in [-0.3, -0.25) is 14.7 Å². The minimum Gasteiger partial charge on any atom is -0.492 e. The fourth-order valence-corrected chi connectivity index (χ4v) is 3.84. The monoisotopic (exact) mass is 430 g/mol. The first-order chi connectivity index (χ1) is 14.7. The van der Waals surface area contributed by atoms with Crippen LogP contribution in [0.1, 0.15) is 10.5 Å². The normalized spacial score (nSPS) is 17.8. The van der Waals surface area contributed by atoms with Crippen molar-refractivity contribution in [2.24, 2.45) is 0 Å². The van der Waals surface area contributed by atoms with Crippen LogP contribution in [0.4, 0.5) is 5.69 Å². The third kappa shape index (κ3) is 5.41. The van der Waals surface area contributed by atoms with Gasteiger partial charge in [0.15, 0.2) is 0 Å². The molecule has 0 aliphatic carbocycles. The highest BCUT2D eigenvalue weighted by Gasteiger charge is 2.23. The number of hydrogen-bond acceptors (Lipinski definition) is 6. The number of rotatable bonds is 6. The molecule has 4 rings (SSSR count). The van der Waals surface area contributed by atoms with E-state index in [4.69, 9.17) is 21.1 Å². The summed E-state index contributed by atoms with van der Waals surface area (Å²) in [4.78, 5) is 23.7. The number of carbonyl (C=O) groups is 1. The third-order valence-corrected chi connectivity index (χ3v) is 5.74. The van der Waals surface area contributed by atoms with Crippen LogP contribution in [-0.4, -0.2) is 86.3 Å². The summed E-state index contributed by atoms with van der Waals surface area (Å²) in [5.41, 5.74) is 1.55. The van der Waals surface area contributed by atoms with E-state index in [9.17, 15) is 4.79 Å². The van der Waals surface area contributed by atoms with E-state index < -0.39 is 0 Å². The molecule has 30 heavy (non-hydrogen) atoms. The molecule has 0 N–H and O–H groups in total. The number of halogens is 1. The Hall–Kier alpha value is -2.35. The number of carbonyl (C=O) groups excluding carboxylic acids is 1. The number of amides is 1. The highest BCUT2D eigenvalue weighted by Crippen LogP contribution is 2.18. The molecule has 0 saturated carbocycles. The molecule has 2 aromatic rings. The van der Waals surface area contributed by atoms with E-state index >= 15 is 0 Å². The fraction of sp³-hybridized carbons (Fsp3) is 0.455. The van der Waals surface area contributed by atoms with Crippen LogP contribution < -0.4 is 9.64 Å². The van der Waals surface area contributed by atoms with Crippen LogP contribution in [-0.2, 0) is 4.74 Å². The van der Waals surface area contributed by atoms with E-state index in [0.717, 1.165) is 57.4 Å². The van der Waals surface area contributed by atoms with Gasteiger partial charge in [-0.15, -0.1) is 0 Å². The number of ether oxygens (including phenoxy) is 2. The molecule has 2 aliphatic heterocycles. The maximum Gasteiger partial charge on any atom is 0.272 e. The van der Waals surface area contributed by atoms with E-state index in [2.05, 4.69) is 14.8 Å². The van der Waals surface area contributed by atoms with E-state index in [1.165, 1.54) is 0 Å². The maximum atomic E-state index is 12.9. The van der Waals surface area contributed by atoms with E-state index in [1.807, 2.05) is 41.3 Å². The molecule has 0 atom stereocenters. The second kappa shape index (κ2) is 10.1. The minimum atomic E-state index is 0.00201. The predicted octanol–water partition coefficient (Wildman–Crippen LogP) is 2.41. The molecule has 1 aromatic heterocycles. The van der Waals surface area contributed by atoms with Crippen LogP contribution in [0.5, 0.6) is 5.75 Å². The zero-order chi connectivity index (χ0) is 20.8. The lowest BCUT2D eigenvalue weighted by molar-refractivity contribution is 0.0614. The van der Waals surface area contributed by atoms with Gasteiger partial charge in [-0.25, -0.2) is 0 Å². The van der Waals surface area contributed by atoms with Crippen molar-refractivity contribution < 1.29 is 14.3 Å². The summed E-state index contributed by atoms with van der Waals surface area (Å²) in [6, 6.07) is 11.3. The first-order valence-corrected chi connectivity index (χ1v) is 10.8. The Bertz CT molecular complexity index is 835. The van der Waals surface area contributed by atoms with Crippen LogP contribution >= 0.6 is 11.6 Å². The molecular formula is C22H27ClN4O3. The number of nitrogens with zero attached hydrogens (tertiary/aromatic N) is 4. The highest BCUT2D eigenvalue weighted by atomic mass is 35.5. The van der Waals surface area contributed by atoms with Gasteiger partial charge in [-0.1, -0.05) is 11.6 Å². The highest BCUT2D eigenvalue weighted by molar-refractivity contribution is 6.30. The van der Waals surface area contributed by atoms with E-state index in [0.29, 0.717) is 30.4 Å². The summed E-state index contributed by atoms with van der Waals surface area (Å²) >= 11 is 5.89. The lowest BCUT2D eigenvalue weighted by Crippen LogP contribution is -2.49. The Morgan fingerprint density at radius 3 is 2.50 bits per heavy atom. The van der Waals surface area contributed by atoms with Crippen LogP contribution in [0.15, 0.2) is 42.6 Å². The van der Waals surface area contributed by atoms with Gasteiger partial charge < -0.3 is 19.3 Å². The molecule has 1 amide bonds. The van der Waals surface area contributed by atoms with Gasteiger partial charge in [0.1, 0.15) is 18.1 Å². The van der Waals surface area contributed by atoms with Crippen molar-refractivity contribution in [2.45, 2.75) is 0 Å². The van der Waals surface area contributed by atoms with Gasteiger partial charge in [0.2, 0.25) is 0 Å². The standard InChI is InChI=1S/C22H27ClN4O3/c23-18-1-3-20(4-2-18)30-16-11-25-7-9-27(10-8-25)22(28)21-17-19(5-6-24-21)26-12-14-29-15-13-26/h1-6,17H,7-16H2. The summed E-state index contributed by atoms with van der Waals surface area (Å²) in [7, 11) is 0. The molecule has 0 radical (unpaired) electrons. The molecule has 8 heteroatoms. The van der Waals surface area contributed by atoms with Gasteiger partial charge in [0.25, 0.3) is 5.91 Å². The van der Waals surface area contributed by atoms with Crippen LogP contribution in [0.25, 0.3) is 0 Å². The number of benzene rings is 1. The Morgan fingerprint density at radius 2 is 1.77 bits per heavy atom. The SMILES string of the molecule is O=C(c1cc(N2CCOCC2)ccn1)N1CCN(CCOc2ccc(Cl)cc2)CC1. The number of anilines is 1. The molecule has 2 saturated heterocycles. The van der Waals surface area contributed by atoms with Crippen molar-refractivity contribution in [1.29, 1.82) is 0 Å². The first-order valence-electron chi connectivity index (χ1n) is 10.4. The lowest BCUT2D eigenvalue weighted by Gasteiger charge is -2.34. The molecule has 160 valence electrons. The molecule has 7 nitrogen and oxygen atoms in total. The molecule has 2 fully saturated rings. The van der Waals surface area contributed by atoms with Crippen molar-refractivity contribution >= 4 is 23.2 Å². The number of pyridine rings is 1. The van der Waals surface area contributed by atoms with Crippen molar-refractivity contribution in [1.82, 2.24) is 14.8 Å². The van der Waals surface area contributed by atoms with Gasteiger partial charge in [0.05, 0.1) is 13.2 Å². The predicted molar refractivity (Wildman–Crippen MR) is 117 cm³/mol. The number of morpholine rings is 1. The Kier molecular flexibility index (Phi) is 7.04. The van der Waals surface area contributed by atoms with E-state index in [1.54, 1.807) is 6.20 Å². The zero-order valence-electron chi connectivity index (χ0n) is 17.0. The summed E-state index contributed by atoms with van der Waals surface area (Å²) in [5.74, 6) is 0.821. The lowest BCUT2D eigenvalue weighted by atomic mass is 10.2. The maximum absolute atomic E-state index is 12.9. The Balaban J connectivity index is 1.24. The van der Waals surface area contributed by atoms with Gasteiger partial charge in [-0.05, 0) is 36.4 Å². The molecular weight excluding hydrogens is 404 g/mol. The zero-order valence-corrected chi connectivity index (χ0v) is 17.8. The second-order valence-electron chi connectivity index (χ2n) is 7.43. The van der Waals surface area contributed by atoms with Crippen molar-refractivity contribution in [2.75, 3.05) is 70.5 Å². The third-order valence-electron chi connectivity index (χ3n) is 5.49. The van der Waals surface area contributed by atoms with Crippen LogP contribution in [0.2, 0.25) is 5.02 Å². The Labute approximate surface area is 182 Å². The van der Waals surface area contributed by atoms with Gasteiger partial charge >= 0.3 is 0 Å². The minimum absolute atomic E-state index is 0.00201. The largest absolute Gasteiger partial charge is 0.492 e.